The highest BCUT2D eigenvalue weighted by Crippen LogP contribution is 2.18. The van der Waals surface area contributed by atoms with Crippen LogP contribution in [0.1, 0.15) is 15.9 Å². The van der Waals surface area contributed by atoms with Crippen LogP contribution >= 0.6 is 0 Å². The van der Waals surface area contributed by atoms with Gasteiger partial charge in [-0.3, -0.25) is 9.59 Å². The Kier molecular flexibility index (Phi) is 4.82. The second-order valence-corrected chi connectivity index (χ2v) is 5.29. The Morgan fingerprint density at radius 2 is 1.88 bits per heavy atom. The number of carbonyl (C=O) groups excluding carboxylic acids is 2. The van der Waals surface area contributed by atoms with E-state index in [4.69, 9.17) is 4.74 Å². The summed E-state index contributed by atoms with van der Waals surface area (Å²) >= 11 is 0. The van der Waals surface area contributed by atoms with Crippen molar-refractivity contribution in [1.82, 2.24) is 10.3 Å². The van der Waals surface area contributed by atoms with E-state index in [9.17, 15) is 9.59 Å². The number of hydrogen-bond acceptors (Lipinski definition) is 3. The second-order valence-electron chi connectivity index (χ2n) is 5.29. The van der Waals surface area contributed by atoms with Gasteiger partial charge in [0.25, 0.3) is 11.7 Å². The number of carbonyl (C=O) groups is 2. The molecule has 0 aliphatic heterocycles. The van der Waals surface area contributed by atoms with Gasteiger partial charge in [0.2, 0.25) is 0 Å². The van der Waals surface area contributed by atoms with Crippen LogP contribution in [0.15, 0.2) is 54.7 Å². The number of benzene rings is 2. The van der Waals surface area contributed by atoms with E-state index >= 15 is 0 Å². The van der Waals surface area contributed by atoms with Gasteiger partial charge in [-0.1, -0.05) is 30.0 Å². The van der Waals surface area contributed by atoms with E-state index in [1.807, 2.05) is 42.5 Å². The van der Waals surface area contributed by atoms with Gasteiger partial charge in [0.05, 0.1) is 19.2 Å². The molecule has 0 fully saturated rings. The second kappa shape index (κ2) is 7.37. The maximum Gasteiger partial charge on any atom is 0.293 e. The summed E-state index contributed by atoms with van der Waals surface area (Å²) in [6.45, 7) is 0.0962. The lowest BCUT2D eigenvalue weighted by molar-refractivity contribution is -0.116. The lowest BCUT2D eigenvalue weighted by Gasteiger charge is -2.00. The molecule has 0 unspecified atom stereocenters. The molecular weight excluding hydrogens is 316 g/mol. The fourth-order valence-corrected chi connectivity index (χ4v) is 2.41. The molecule has 124 valence electrons. The van der Waals surface area contributed by atoms with Crippen LogP contribution in [0.25, 0.3) is 10.9 Å². The maximum absolute atomic E-state index is 12.3. The summed E-state index contributed by atoms with van der Waals surface area (Å²) in [5.74, 6) is 5.24. The Morgan fingerprint density at radius 3 is 2.64 bits per heavy atom. The number of ketones is 1. The van der Waals surface area contributed by atoms with Crippen LogP contribution in [0.2, 0.25) is 0 Å². The number of rotatable bonds is 4. The number of nitrogens with one attached hydrogen (secondary N) is 2. The lowest BCUT2D eigenvalue weighted by Crippen LogP contribution is -2.31. The van der Waals surface area contributed by atoms with Crippen molar-refractivity contribution >= 4 is 22.6 Å². The van der Waals surface area contributed by atoms with Crippen molar-refractivity contribution in [2.24, 2.45) is 0 Å². The molecule has 0 bridgehead atoms. The van der Waals surface area contributed by atoms with Crippen molar-refractivity contribution in [2.45, 2.75) is 0 Å². The zero-order chi connectivity index (χ0) is 17.6. The molecule has 0 aliphatic carbocycles. The Labute approximate surface area is 145 Å². The summed E-state index contributed by atoms with van der Waals surface area (Å²) in [4.78, 5) is 27.3. The van der Waals surface area contributed by atoms with E-state index in [1.54, 1.807) is 19.4 Å². The molecule has 0 saturated carbocycles. The number of Topliss-reactive ketones (excluding diaryl/α,β-unsaturated/α-hetero) is 1. The number of H-pyrrole nitrogens is 1. The normalized spacial score (nSPS) is 9.96. The molecule has 0 saturated heterocycles. The number of methoxy groups -OCH3 is 1. The third-order valence-corrected chi connectivity index (χ3v) is 3.70. The summed E-state index contributed by atoms with van der Waals surface area (Å²) < 4.78 is 5.07. The third kappa shape index (κ3) is 3.70. The van der Waals surface area contributed by atoms with Crippen LogP contribution in [-0.4, -0.2) is 30.3 Å². The third-order valence-electron chi connectivity index (χ3n) is 3.70. The van der Waals surface area contributed by atoms with E-state index in [1.165, 1.54) is 0 Å². The zero-order valence-corrected chi connectivity index (χ0v) is 13.6. The molecule has 0 radical (unpaired) electrons. The minimum absolute atomic E-state index is 0.0962. The van der Waals surface area contributed by atoms with Crippen molar-refractivity contribution < 1.29 is 14.3 Å². The van der Waals surface area contributed by atoms with Gasteiger partial charge in [-0.2, -0.15) is 0 Å². The summed E-state index contributed by atoms with van der Waals surface area (Å²) in [7, 11) is 1.60. The molecule has 0 spiro atoms. The molecule has 0 aliphatic rings. The monoisotopic (exact) mass is 332 g/mol. The van der Waals surface area contributed by atoms with Crippen LogP contribution in [0, 0.1) is 11.8 Å². The highest BCUT2D eigenvalue weighted by Gasteiger charge is 2.18. The highest BCUT2D eigenvalue weighted by atomic mass is 16.5. The Bertz CT molecular complexity index is 975. The minimum atomic E-state index is -0.672. The maximum atomic E-state index is 12.3. The zero-order valence-electron chi connectivity index (χ0n) is 13.6. The molecular formula is C20H16N2O3. The van der Waals surface area contributed by atoms with Crippen LogP contribution < -0.4 is 10.1 Å². The van der Waals surface area contributed by atoms with Crippen LogP contribution in [0.3, 0.4) is 0 Å². The molecule has 5 nitrogen and oxygen atoms in total. The minimum Gasteiger partial charge on any atom is -0.497 e. The molecule has 2 N–H and O–H groups in total. The van der Waals surface area contributed by atoms with Gasteiger partial charge in [-0.25, -0.2) is 0 Å². The van der Waals surface area contributed by atoms with Crippen molar-refractivity contribution in [3.63, 3.8) is 0 Å². The fraction of sp³-hybridized carbons (Fsp3) is 0.100. The van der Waals surface area contributed by atoms with Gasteiger partial charge in [0, 0.05) is 22.7 Å². The highest BCUT2D eigenvalue weighted by molar-refractivity contribution is 6.45. The summed E-state index contributed by atoms with van der Waals surface area (Å²) in [5, 5.41) is 3.26. The Balaban J connectivity index is 1.61. The number of aromatic amines is 1. The fourth-order valence-electron chi connectivity index (χ4n) is 2.41. The van der Waals surface area contributed by atoms with Gasteiger partial charge in [-0.15, -0.1) is 0 Å². The first-order valence-corrected chi connectivity index (χ1v) is 7.70. The molecule has 5 heteroatoms. The molecule has 3 aromatic rings. The van der Waals surface area contributed by atoms with Crippen molar-refractivity contribution in [1.29, 1.82) is 0 Å². The van der Waals surface area contributed by atoms with Gasteiger partial charge < -0.3 is 15.0 Å². The van der Waals surface area contributed by atoms with Crippen molar-refractivity contribution in [2.75, 3.05) is 13.7 Å². The summed E-state index contributed by atoms with van der Waals surface area (Å²) in [6.07, 6.45) is 1.55. The smallest absolute Gasteiger partial charge is 0.293 e. The van der Waals surface area contributed by atoms with E-state index in [-0.39, 0.29) is 6.54 Å². The van der Waals surface area contributed by atoms with Crippen molar-refractivity contribution in [3.8, 4) is 17.6 Å². The summed E-state index contributed by atoms with van der Waals surface area (Å²) in [6, 6.07) is 14.6. The standard InChI is InChI=1S/C20H16N2O3/c1-25-15-10-8-14(9-11-15)5-4-12-21-20(24)19(23)17-13-22-18-7-3-2-6-16(17)18/h2-3,6-11,13,22H,12H2,1H3,(H,21,24). The van der Waals surface area contributed by atoms with E-state index in [0.29, 0.717) is 5.56 Å². The Hall–Kier alpha value is -3.52. The predicted molar refractivity (Wildman–Crippen MR) is 95.5 cm³/mol. The SMILES string of the molecule is COc1ccc(C#CCNC(=O)C(=O)c2c[nH]c3ccccc23)cc1. The summed E-state index contributed by atoms with van der Waals surface area (Å²) in [5.41, 5.74) is 1.98. The Morgan fingerprint density at radius 1 is 1.12 bits per heavy atom. The van der Waals surface area contributed by atoms with E-state index in [2.05, 4.69) is 22.1 Å². The number of aromatic nitrogens is 1. The molecule has 2 aromatic carbocycles. The van der Waals surface area contributed by atoms with Crippen LogP contribution in [-0.2, 0) is 4.79 Å². The first-order valence-electron chi connectivity index (χ1n) is 7.70. The number of amides is 1. The van der Waals surface area contributed by atoms with E-state index < -0.39 is 11.7 Å². The van der Waals surface area contributed by atoms with Gasteiger partial charge in [-0.05, 0) is 30.3 Å². The lowest BCUT2D eigenvalue weighted by atomic mass is 10.1. The number of para-hydroxylation sites is 1. The molecule has 1 aromatic heterocycles. The van der Waals surface area contributed by atoms with Crippen LogP contribution in [0.5, 0.6) is 5.75 Å². The first kappa shape index (κ1) is 16.3. The predicted octanol–water partition coefficient (Wildman–Crippen LogP) is 2.53. The largest absolute Gasteiger partial charge is 0.497 e. The number of hydrogen-bond donors (Lipinski definition) is 2. The molecule has 1 heterocycles. The molecule has 3 rings (SSSR count). The molecule has 0 atom stereocenters. The van der Waals surface area contributed by atoms with Gasteiger partial charge in [0.1, 0.15) is 5.75 Å². The molecule has 1 amide bonds. The number of ether oxygens (including phenoxy) is 1. The average molecular weight is 332 g/mol. The average Bonchev–Trinajstić information content (AvgIpc) is 3.09. The van der Waals surface area contributed by atoms with Crippen molar-refractivity contribution in [3.05, 3.63) is 65.9 Å². The quantitative estimate of drug-likeness (QED) is 0.438. The van der Waals surface area contributed by atoms with E-state index in [0.717, 1.165) is 22.2 Å². The topological polar surface area (TPSA) is 71.2 Å². The van der Waals surface area contributed by atoms with Crippen LogP contribution in [0.4, 0.5) is 0 Å². The number of fused-ring (bicyclic) bond motifs is 1. The first-order chi connectivity index (χ1) is 12.2. The van der Waals surface area contributed by atoms with Gasteiger partial charge >= 0.3 is 0 Å². The van der Waals surface area contributed by atoms with Gasteiger partial charge in [0.15, 0.2) is 0 Å². The molecule has 25 heavy (non-hydrogen) atoms.